The Kier molecular flexibility index (Phi) is 5.03. The van der Waals surface area contributed by atoms with Gasteiger partial charge in [0.05, 0.1) is 0 Å². The van der Waals surface area contributed by atoms with Gasteiger partial charge in [-0.3, -0.25) is 4.68 Å². The number of hydrogen-bond donors (Lipinski definition) is 1. The molecule has 1 aromatic rings. The number of aromatic hydroxyl groups is 1. The summed E-state index contributed by atoms with van der Waals surface area (Å²) in [6.07, 6.45) is 3.01. The molecule has 0 spiro atoms. The maximum Gasteiger partial charge on any atom is 0.233 e. The number of rotatable bonds is 6. The molecule has 1 N–H and O–H groups in total. The van der Waals surface area contributed by atoms with Crippen molar-refractivity contribution >= 4 is 0 Å². The van der Waals surface area contributed by atoms with Gasteiger partial charge >= 0.3 is 0 Å². The maximum atomic E-state index is 9.97. The van der Waals surface area contributed by atoms with Gasteiger partial charge in [0, 0.05) is 17.8 Å². The molecule has 1 heterocycles. The molecule has 3 heteroatoms. The third kappa shape index (κ3) is 3.76. The summed E-state index contributed by atoms with van der Waals surface area (Å²) in [6, 6.07) is 0. The minimum Gasteiger partial charge on any atom is -0.492 e. The molecule has 0 fully saturated rings. The predicted molar refractivity (Wildman–Crippen MR) is 71.3 cm³/mol. The SMILES string of the molecule is CCCc1c(CC(C)C)c(O)nn1CC(C)C. The molecule has 1 rings (SSSR count). The lowest BCUT2D eigenvalue weighted by Gasteiger charge is -2.11. The summed E-state index contributed by atoms with van der Waals surface area (Å²) in [5.41, 5.74) is 2.29. The first-order valence-electron chi connectivity index (χ1n) is 6.73. The van der Waals surface area contributed by atoms with Crippen LogP contribution in [0.2, 0.25) is 0 Å². The molecule has 0 bridgehead atoms. The van der Waals surface area contributed by atoms with Gasteiger partial charge in [0.1, 0.15) is 0 Å². The molecule has 0 saturated heterocycles. The van der Waals surface area contributed by atoms with E-state index in [-0.39, 0.29) is 5.88 Å². The number of nitrogens with zero attached hydrogens (tertiary/aromatic N) is 2. The molecule has 3 nitrogen and oxygen atoms in total. The summed E-state index contributed by atoms with van der Waals surface area (Å²) in [5.74, 6) is 1.34. The second-order valence-corrected chi connectivity index (χ2v) is 5.67. The van der Waals surface area contributed by atoms with Crippen LogP contribution in [0.1, 0.15) is 52.3 Å². The van der Waals surface area contributed by atoms with Crippen LogP contribution in [0.15, 0.2) is 0 Å². The highest BCUT2D eigenvalue weighted by atomic mass is 16.3. The standard InChI is InChI=1S/C14H26N2O/c1-6-7-13-12(8-10(2)3)14(17)15-16(13)9-11(4)5/h10-11H,6-9H2,1-5H3,(H,15,17). The first-order chi connectivity index (χ1) is 7.95. The molecule has 0 aliphatic heterocycles. The molecule has 17 heavy (non-hydrogen) atoms. The number of aromatic nitrogens is 2. The van der Waals surface area contributed by atoms with Crippen LogP contribution in [0.25, 0.3) is 0 Å². The highest BCUT2D eigenvalue weighted by Crippen LogP contribution is 2.25. The largest absolute Gasteiger partial charge is 0.492 e. The Morgan fingerprint density at radius 1 is 1.18 bits per heavy atom. The molecule has 0 atom stereocenters. The van der Waals surface area contributed by atoms with Crippen molar-refractivity contribution in [1.29, 1.82) is 0 Å². The van der Waals surface area contributed by atoms with Gasteiger partial charge in [-0.05, 0) is 24.7 Å². The fraction of sp³-hybridized carbons (Fsp3) is 0.786. The van der Waals surface area contributed by atoms with Crippen molar-refractivity contribution in [3.63, 3.8) is 0 Å². The van der Waals surface area contributed by atoms with E-state index in [1.165, 1.54) is 5.69 Å². The van der Waals surface area contributed by atoms with Gasteiger partial charge in [-0.1, -0.05) is 41.0 Å². The lowest BCUT2D eigenvalue weighted by Crippen LogP contribution is -2.11. The topological polar surface area (TPSA) is 38.1 Å². The maximum absolute atomic E-state index is 9.97. The highest BCUT2D eigenvalue weighted by molar-refractivity contribution is 5.31. The summed E-state index contributed by atoms with van der Waals surface area (Å²) < 4.78 is 2.00. The van der Waals surface area contributed by atoms with Gasteiger partial charge in [0.25, 0.3) is 0 Å². The fourth-order valence-corrected chi connectivity index (χ4v) is 2.15. The average Bonchev–Trinajstić information content (AvgIpc) is 2.45. The molecule has 0 saturated carbocycles. The summed E-state index contributed by atoms with van der Waals surface area (Å²) in [7, 11) is 0. The lowest BCUT2D eigenvalue weighted by atomic mass is 10.0. The van der Waals surface area contributed by atoms with E-state index in [1.54, 1.807) is 0 Å². The van der Waals surface area contributed by atoms with Gasteiger partial charge in [-0.15, -0.1) is 5.10 Å². The molecule has 98 valence electrons. The van der Waals surface area contributed by atoms with Gasteiger partial charge in [0.15, 0.2) is 0 Å². The van der Waals surface area contributed by atoms with Crippen LogP contribution in [-0.2, 0) is 19.4 Å². The van der Waals surface area contributed by atoms with E-state index in [2.05, 4.69) is 39.7 Å². The van der Waals surface area contributed by atoms with Crippen molar-refractivity contribution in [3.05, 3.63) is 11.3 Å². The van der Waals surface area contributed by atoms with Crippen LogP contribution in [0.5, 0.6) is 5.88 Å². The Balaban J connectivity index is 3.05. The molecule has 0 amide bonds. The Bertz CT molecular complexity index is 353. The van der Waals surface area contributed by atoms with E-state index in [1.807, 2.05) is 4.68 Å². The second-order valence-electron chi connectivity index (χ2n) is 5.67. The monoisotopic (exact) mass is 238 g/mol. The third-order valence-corrected chi connectivity index (χ3v) is 2.78. The zero-order chi connectivity index (χ0) is 13.0. The molecule has 0 aliphatic carbocycles. The molecule has 0 radical (unpaired) electrons. The van der Waals surface area contributed by atoms with Gasteiger partial charge < -0.3 is 5.11 Å². The van der Waals surface area contributed by atoms with E-state index in [4.69, 9.17) is 0 Å². The van der Waals surface area contributed by atoms with Crippen molar-refractivity contribution in [2.75, 3.05) is 0 Å². The van der Waals surface area contributed by atoms with E-state index >= 15 is 0 Å². The first-order valence-corrected chi connectivity index (χ1v) is 6.73. The van der Waals surface area contributed by atoms with E-state index in [0.717, 1.165) is 31.4 Å². The predicted octanol–water partition coefficient (Wildman–Crippen LogP) is 3.40. The minimum absolute atomic E-state index is 0.239. The zero-order valence-electron chi connectivity index (χ0n) is 11.8. The summed E-state index contributed by atoms with van der Waals surface area (Å²) >= 11 is 0. The molecular formula is C14H26N2O. The van der Waals surface area contributed by atoms with Crippen molar-refractivity contribution in [2.45, 2.75) is 60.4 Å². The zero-order valence-corrected chi connectivity index (χ0v) is 11.8. The number of hydrogen-bond acceptors (Lipinski definition) is 2. The van der Waals surface area contributed by atoms with E-state index in [9.17, 15) is 5.11 Å². The van der Waals surface area contributed by atoms with Crippen molar-refractivity contribution in [3.8, 4) is 5.88 Å². The Labute approximate surface area is 105 Å². The van der Waals surface area contributed by atoms with Crippen molar-refractivity contribution in [1.82, 2.24) is 9.78 Å². The third-order valence-electron chi connectivity index (χ3n) is 2.78. The average molecular weight is 238 g/mol. The van der Waals surface area contributed by atoms with Crippen LogP contribution in [-0.4, -0.2) is 14.9 Å². The van der Waals surface area contributed by atoms with Gasteiger partial charge in [-0.25, -0.2) is 0 Å². The molecule has 0 aromatic carbocycles. The van der Waals surface area contributed by atoms with E-state index < -0.39 is 0 Å². The Morgan fingerprint density at radius 2 is 1.82 bits per heavy atom. The first kappa shape index (κ1) is 14.1. The quantitative estimate of drug-likeness (QED) is 0.825. The smallest absolute Gasteiger partial charge is 0.233 e. The van der Waals surface area contributed by atoms with Crippen LogP contribution in [0, 0.1) is 11.8 Å². The van der Waals surface area contributed by atoms with Crippen molar-refractivity contribution < 1.29 is 5.11 Å². The second kappa shape index (κ2) is 6.08. The fourth-order valence-electron chi connectivity index (χ4n) is 2.15. The highest BCUT2D eigenvalue weighted by Gasteiger charge is 2.17. The molecular weight excluding hydrogens is 212 g/mol. The van der Waals surface area contributed by atoms with Crippen molar-refractivity contribution in [2.24, 2.45) is 11.8 Å². The lowest BCUT2D eigenvalue weighted by molar-refractivity contribution is 0.413. The minimum atomic E-state index is 0.239. The van der Waals surface area contributed by atoms with Crippen LogP contribution in [0.3, 0.4) is 0 Å². The van der Waals surface area contributed by atoms with Crippen LogP contribution in [0.4, 0.5) is 0 Å². The molecule has 0 unspecified atom stereocenters. The van der Waals surface area contributed by atoms with Crippen LogP contribution >= 0.6 is 0 Å². The molecule has 1 aromatic heterocycles. The van der Waals surface area contributed by atoms with Crippen LogP contribution < -0.4 is 0 Å². The van der Waals surface area contributed by atoms with E-state index in [0.29, 0.717) is 11.8 Å². The van der Waals surface area contributed by atoms with Gasteiger partial charge in [0.2, 0.25) is 5.88 Å². The summed E-state index contributed by atoms with van der Waals surface area (Å²) in [5, 5.41) is 14.3. The Morgan fingerprint density at radius 3 is 2.29 bits per heavy atom. The summed E-state index contributed by atoms with van der Waals surface area (Å²) in [6.45, 7) is 11.8. The summed E-state index contributed by atoms with van der Waals surface area (Å²) in [4.78, 5) is 0. The Hall–Kier alpha value is -0.990. The van der Waals surface area contributed by atoms with Gasteiger partial charge in [-0.2, -0.15) is 0 Å². The molecule has 0 aliphatic rings. The normalized spacial score (nSPS) is 11.7.